The smallest absolute Gasteiger partial charge is 0.258 e. The van der Waals surface area contributed by atoms with Crippen LogP contribution in [-0.4, -0.2) is 18.6 Å². The monoisotopic (exact) mass is 287 g/mol. The molecule has 2 bridgehead atoms. The average Bonchev–Trinajstić information content (AvgIpc) is 3.08. The predicted octanol–water partition coefficient (Wildman–Crippen LogP) is 3.31. The Morgan fingerprint density at radius 3 is 2.90 bits per heavy atom. The zero-order valence-electron chi connectivity index (χ0n) is 13.0. The van der Waals surface area contributed by atoms with Crippen LogP contribution in [0.15, 0.2) is 24.3 Å². The zero-order valence-corrected chi connectivity index (χ0v) is 13.0. The van der Waals surface area contributed by atoms with Crippen molar-refractivity contribution in [1.82, 2.24) is 5.32 Å². The molecular formula is C18H25NO2. The zero-order chi connectivity index (χ0) is 14.8. The van der Waals surface area contributed by atoms with Gasteiger partial charge in [-0.1, -0.05) is 18.6 Å². The van der Waals surface area contributed by atoms with Crippen LogP contribution in [0, 0.1) is 24.7 Å². The summed E-state index contributed by atoms with van der Waals surface area (Å²) in [6.07, 6.45) is 5.43. The highest BCUT2D eigenvalue weighted by molar-refractivity contribution is 5.77. The topological polar surface area (TPSA) is 38.3 Å². The van der Waals surface area contributed by atoms with Crippen LogP contribution in [0.4, 0.5) is 0 Å². The van der Waals surface area contributed by atoms with Crippen LogP contribution in [0.5, 0.6) is 5.75 Å². The Balaban J connectivity index is 1.46. The van der Waals surface area contributed by atoms with Gasteiger partial charge in [0.15, 0.2) is 6.61 Å². The van der Waals surface area contributed by atoms with E-state index in [1.165, 1.54) is 25.7 Å². The highest BCUT2D eigenvalue weighted by atomic mass is 16.5. The number of carbonyl (C=O) groups excluding carboxylic acids is 1. The summed E-state index contributed by atoms with van der Waals surface area (Å²) in [7, 11) is 0. The minimum absolute atomic E-state index is 0.00761. The fraction of sp³-hybridized carbons (Fsp3) is 0.611. The number of benzene rings is 1. The first-order valence-electron chi connectivity index (χ1n) is 8.10. The number of carbonyl (C=O) groups is 1. The van der Waals surface area contributed by atoms with E-state index in [0.29, 0.717) is 5.92 Å². The van der Waals surface area contributed by atoms with Crippen LogP contribution < -0.4 is 10.1 Å². The van der Waals surface area contributed by atoms with Crippen LogP contribution in [0.2, 0.25) is 0 Å². The van der Waals surface area contributed by atoms with E-state index in [2.05, 4.69) is 12.2 Å². The van der Waals surface area contributed by atoms with Crippen molar-refractivity contribution in [2.45, 2.75) is 45.6 Å². The Hall–Kier alpha value is -1.51. The first-order valence-corrected chi connectivity index (χ1v) is 8.10. The summed E-state index contributed by atoms with van der Waals surface area (Å²) >= 11 is 0. The molecule has 4 atom stereocenters. The van der Waals surface area contributed by atoms with Gasteiger partial charge >= 0.3 is 0 Å². The first-order chi connectivity index (χ1) is 10.1. The molecule has 1 N–H and O–H groups in total. The Morgan fingerprint density at radius 2 is 2.24 bits per heavy atom. The van der Waals surface area contributed by atoms with E-state index in [0.717, 1.165) is 23.1 Å². The number of fused-ring (bicyclic) bond motifs is 2. The van der Waals surface area contributed by atoms with Gasteiger partial charge in [-0.2, -0.15) is 0 Å². The average molecular weight is 287 g/mol. The van der Waals surface area contributed by atoms with Crippen LogP contribution in [0.3, 0.4) is 0 Å². The number of amides is 1. The molecule has 3 nitrogen and oxygen atoms in total. The summed E-state index contributed by atoms with van der Waals surface area (Å²) in [4.78, 5) is 12.0. The molecule has 1 aromatic rings. The van der Waals surface area contributed by atoms with Crippen molar-refractivity contribution in [3.63, 3.8) is 0 Å². The van der Waals surface area contributed by atoms with E-state index in [-0.39, 0.29) is 18.6 Å². The summed E-state index contributed by atoms with van der Waals surface area (Å²) in [5, 5.41) is 3.13. The molecular weight excluding hydrogens is 262 g/mol. The molecule has 0 aromatic heterocycles. The predicted molar refractivity (Wildman–Crippen MR) is 83.2 cm³/mol. The molecule has 4 unspecified atom stereocenters. The lowest BCUT2D eigenvalue weighted by Gasteiger charge is -2.28. The van der Waals surface area contributed by atoms with Crippen molar-refractivity contribution in [3.05, 3.63) is 29.8 Å². The summed E-state index contributed by atoms with van der Waals surface area (Å²) in [6, 6.07) is 8.07. The highest BCUT2D eigenvalue weighted by Gasteiger charge is 2.42. The summed E-state index contributed by atoms with van der Waals surface area (Å²) in [5.41, 5.74) is 1.14. The Bertz CT molecular complexity index is 514. The van der Waals surface area contributed by atoms with Crippen LogP contribution in [0.1, 0.15) is 38.2 Å². The quantitative estimate of drug-likeness (QED) is 0.902. The molecule has 2 aliphatic carbocycles. The fourth-order valence-corrected chi connectivity index (χ4v) is 4.16. The molecule has 1 amide bonds. The summed E-state index contributed by atoms with van der Waals surface area (Å²) in [5.74, 6) is 3.18. The molecule has 2 aliphatic rings. The Morgan fingerprint density at radius 1 is 1.38 bits per heavy atom. The van der Waals surface area contributed by atoms with E-state index in [1.807, 2.05) is 31.2 Å². The van der Waals surface area contributed by atoms with Gasteiger partial charge in [0.2, 0.25) is 0 Å². The molecule has 3 rings (SSSR count). The van der Waals surface area contributed by atoms with Crippen LogP contribution >= 0.6 is 0 Å². The van der Waals surface area contributed by atoms with E-state index in [4.69, 9.17) is 4.74 Å². The first kappa shape index (κ1) is 14.4. The molecule has 2 saturated carbocycles. The lowest BCUT2D eigenvalue weighted by atomic mass is 9.84. The third-order valence-corrected chi connectivity index (χ3v) is 5.18. The van der Waals surface area contributed by atoms with Crippen molar-refractivity contribution < 1.29 is 9.53 Å². The van der Waals surface area contributed by atoms with E-state index < -0.39 is 0 Å². The van der Waals surface area contributed by atoms with Crippen molar-refractivity contribution in [2.24, 2.45) is 17.8 Å². The van der Waals surface area contributed by atoms with Gasteiger partial charge in [-0.3, -0.25) is 4.79 Å². The second-order valence-electron chi connectivity index (χ2n) is 6.80. The summed E-state index contributed by atoms with van der Waals surface area (Å²) in [6.45, 7) is 4.27. The maximum atomic E-state index is 12.0. The molecule has 0 heterocycles. The lowest BCUT2D eigenvalue weighted by molar-refractivity contribution is -0.124. The minimum atomic E-state index is -0.00761. The van der Waals surface area contributed by atoms with Gasteiger partial charge in [0, 0.05) is 6.04 Å². The van der Waals surface area contributed by atoms with E-state index >= 15 is 0 Å². The van der Waals surface area contributed by atoms with Gasteiger partial charge in [0.05, 0.1) is 0 Å². The molecule has 3 heteroatoms. The minimum Gasteiger partial charge on any atom is -0.484 e. The second kappa shape index (κ2) is 6.08. The van der Waals surface area contributed by atoms with Gasteiger partial charge in [-0.05, 0) is 68.6 Å². The van der Waals surface area contributed by atoms with Crippen molar-refractivity contribution in [1.29, 1.82) is 0 Å². The van der Waals surface area contributed by atoms with Crippen LogP contribution in [0.25, 0.3) is 0 Å². The van der Waals surface area contributed by atoms with Gasteiger partial charge in [0.25, 0.3) is 5.91 Å². The number of hydrogen-bond acceptors (Lipinski definition) is 2. The fourth-order valence-electron chi connectivity index (χ4n) is 4.16. The van der Waals surface area contributed by atoms with E-state index in [1.54, 1.807) is 0 Å². The molecule has 114 valence electrons. The number of hydrogen-bond donors (Lipinski definition) is 1. The van der Waals surface area contributed by atoms with Crippen LogP contribution in [-0.2, 0) is 4.79 Å². The Labute approximate surface area is 127 Å². The van der Waals surface area contributed by atoms with Gasteiger partial charge in [0.1, 0.15) is 5.75 Å². The lowest BCUT2D eigenvalue weighted by Crippen LogP contribution is -2.42. The largest absolute Gasteiger partial charge is 0.484 e. The SMILES string of the molecule is Cc1cccc(OCC(=O)NC(C)C2CC3CCC2C3)c1. The maximum absolute atomic E-state index is 12.0. The molecule has 0 radical (unpaired) electrons. The number of rotatable bonds is 5. The number of aryl methyl sites for hydroxylation is 1. The molecule has 0 saturated heterocycles. The third kappa shape index (κ3) is 3.39. The molecule has 21 heavy (non-hydrogen) atoms. The van der Waals surface area contributed by atoms with Crippen molar-refractivity contribution in [2.75, 3.05) is 6.61 Å². The standard InChI is InChI=1S/C18H25NO2/c1-12-4-3-5-16(8-12)21-11-18(20)19-13(2)17-10-14-6-7-15(17)9-14/h3-5,8,13-15,17H,6-7,9-11H2,1-2H3,(H,19,20). The maximum Gasteiger partial charge on any atom is 0.258 e. The van der Waals surface area contributed by atoms with Crippen molar-refractivity contribution >= 4 is 5.91 Å². The number of ether oxygens (including phenoxy) is 1. The van der Waals surface area contributed by atoms with E-state index in [9.17, 15) is 4.79 Å². The molecule has 1 aromatic carbocycles. The normalized spacial score (nSPS) is 28.4. The number of nitrogens with one attached hydrogen (secondary N) is 1. The highest BCUT2D eigenvalue weighted by Crippen LogP contribution is 2.49. The Kier molecular flexibility index (Phi) is 4.18. The van der Waals surface area contributed by atoms with Gasteiger partial charge < -0.3 is 10.1 Å². The molecule has 0 spiro atoms. The molecule has 0 aliphatic heterocycles. The van der Waals surface area contributed by atoms with Gasteiger partial charge in [-0.25, -0.2) is 0 Å². The van der Waals surface area contributed by atoms with Crippen molar-refractivity contribution in [3.8, 4) is 5.75 Å². The molecule has 2 fully saturated rings. The third-order valence-electron chi connectivity index (χ3n) is 5.18. The van der Waals surface area contributed by atoms with Gasteiger partial charge in [-0.15, -0.1) is 0 Å². The second-order valence-corrected chi connectivity index (χ2v) is 6.80. The summed E-state index contributed by atoms with van der Waals surface area (Å²) < 4.78 is 5.56.